The predicted molar refractivity (Wildman–Crippen MR) is 45.4 cm³/mol. The maximum atomic E-state index is 5.44. The van der Waals surface area contributed by atoms with Crippen molar-refractivity contribution in [2.24, 2.45) is 0 Å². The number of ether oxygens (including phenoxy) is 2. The Morgan fingerprint density at radius 1 is 1.73 bits per heavy atom. The zero-order valence-electron chi connectivity index (χ0n) is 7.21. The van der Waals surface area contributed by atoms with Gasteiger partial charge in [-0.05, 0) is 6.42 Å². The summed E-state index contributed by atoms with van der Waals surface area (Å²) in [4.78, 5) is 0. The highest BCUT2D eigenvalue weighted by Gasteiger charge is 2.23. The molecule has 11 heavy (non-hydrogen) atoms. The molecule has 0 amide bonds. The van der Waals surface area contributed by atoms with Gasteiger partial charge in [-0.2, -0.15) is 0 Å². The summed E-state index contributed by atoms with van der Waals surface area (Å²) in [7, 11) is 0.751. The van der Waals surface area contributed by atoms with E-state index in [1.54, 1.807) is 0 Å². The molecule has 0 bridgehead atoms. The number of hydrogen-bond acceptors (Lipinski definition) is 3. The molecule has 1 fully saturated rings. The van der Waals surface area contributed by atoms with Crippen molar-refractivity contribution in [3.05, 3.63) is 0 Å². The minimum Gasteiger partial charge on any atom is -0.404 e. The zero-order valence-corrected chi connectivity index (χ0v) is 9.21. The first-order valence-corrected chi connectivity index (χ1v) is 4.94. The number of hydrogen-bond donors (Lipinski definition) is 0. The third kappa shape index (κ3) is 3.86. The van der Waals surface area contributed by atoms with Crippen molar-refractivity contribution in [1.29, 1.82) is 0 Å². The van der Waals surface area contributed by atoms with E-state index in [1.165, 1.54) is 0 Å². The maximum absolute atomic E-state index is 5.44. The molecule has 2 atom stereocenters. The highest BCUT2D eigenvalue weighted by atomic mass is 28.2. The first-order chi connectivity index (χ1) is 5.36. The number of epoxide rings is 1. The van der Waals surface area contributed by atoms with E-state index >= 15 is 0 Å². The van der Waals surface area contributed by atoms with E-state index in [4.69, 9.17) is 13.9 Å². The van der Waals surface area contributed by atoms with Gasteiger partial charge in [-0.3, -0.25) is 0 Å². The first-order valence-electron chi connectivity index (χ1n) is 4.12. The van der Waals surface area contributed by atoms with Gasteiger partial charge in [0.1, 0.15) is 22.9 Å². The van der Waals surface area contributed by atoms with Gasteiger partial charge < -0.3 is 13.9 Å². The number of rotatable bonds is 6. The summed E-state index contributed by atoms with van der Waals surface area (Å²) in [6, 6.07) is 0. The van der Waals surface area contributed by atoms with Crippen LogP contribution in [-0.4, -0.2) is 36.1 Å². The van der Waals surface area contributed by atoms with E-state index < -0.39 is 0 Å². The topological polar surface area (TPSA) is 31.0 Å². The molecular weight excluding hydrogens is 160 g/mol. The van der Waals surface area contributed by atoms with Crippen molar-refractivity contribution >= 4 is 10.5 Å². The van der Waals surface area contributed by atoms with E-state index in [9.17, 15) is 0 Å². The molecule has 4 heteroatoms. The molecule has 1 saturated heterocycles. The molecule has 0 N–H and O–H groups in total. The molecule has 0 aromatic heterocycles. The van der Waals surface area contributed by atoms with Gasteiger partial charge in [0.15, 0.2) is 0 Å². The normalized spacial score (nSPS) is 25.4. The lowest BCUT2D eigenvalue weighted by molar-refractivity contribution is -0.0852. The van der Waals surface area contributed by atoms with Crippen LogP contribution in [0.4, 0.5) is 0 Å². The minimum absolute atomic E-state index is 0.0240. The maximum Gasteiger partial charge on any atom is 0.149 e. The second-order valence-electron chi connectivity index (χ2n) is 2.74. The third-order valence-electron chi connectivity index (χ3n) is 1.66. The first kappa shape index (κ1) is 9.19. The molecule has 2 unspecified atom stereocenters. The van der Waals surface area contributed by atoms with Gasteiger partial charge in [0.2, 0.25) is 0 Å². The fourth-order valence-corrected chi connectivity index (χ4v) is 1.26. The molecule has 1 heterocycles. The van der Waals surface area contributed by atoms with Gasteiger partial charge in [-0.15, -0.1) is 0 Å². The Bertz CT molecular complexity index is 106. The molecule has 1 aliphatic heterocycles. The largest absolute Gasteiger partial charge is 0.404 e. The molecule has 0 saturated carbocycles. The molecule has 66 valence electrons. The lowest BCUT2D eigenvalue weighted by Gasteiger charge is -2.14. The Morgan fingerprint density at radius 2 is 2.45 bits per heavy atom. The molecule has 3 nitrogen and oxygen atoms in total. The Kier molecular flexibility index (Phi) is 4.07. The van der Waals surface area contributed by atoms with Crippen molar-refractivity contribution in [2.45, 2.75) is 32.2 Å². The van der Waals surface area contributed by atoms with Crippen LogP contribution in [0.5, 0.6) is 0 Å². The molecule has 0 radical (unpaired) electrons. The fraction of sp³-hybridized carbons (Fsp3) is 1.00. The Labute approximate surface area is 70.6 Å². The van der Waals surface area contributed by atoms with Crippen LogP contribution in [0.15, 0.2) is 0 Å². The standard InChI is InChI=1S/C7H16O3Si/c1-2-3-7(10-11)9-5-6-4-8-6/h6-7H,2-5H2,1,11H3. The van der Waals surface area contributed by atoms with Crippen LogP contribution in [0.2, 0.25) is 0 Å². The molecule has 1 aliphatic rings. The van der Waals surface area contributed by atoms with E-state index in [0.29, 0.717) is 12.7 Å². The van der Waals surface area contributed by atoms with E-state index in [-0.39, 0.29) is 6.29 Å². The second-order valence-corrected chi connectivity index (χ2v) is 3.21. The molecule has 0 spiro atoms. The lowest BCUT2D eigenvalue weighted by Crippen LogP contribution is -2.18. The Balaban J connectivity index is 1.98. The van der Waals surface area contributed by atoms with Crippen LogP contribution in [0, 0.1) is 0 Å². The van der Waals surface area contributed by atoms with Crippen molar-refractivity contribution in [1.82, 2.24) is 0 Å². The van der Waals surface area contributed by atoms with E-state index in [1.807, 2.05) is 0 Å². The van der Waals surface area contributed by atoms with E-state index in [0.717, 1.165) is 29.9 Å². The molecule has 0 aliphatic carbocycles. The van der Waals surface area contributed by atoms with Crippen molar-refractivity contribution < 1.29 is 13.9 Å². The van der Waals surface area contributed by atoms with Crippen LogP contribution in [0.3, 0.4) is 0 Å². The smallest absolute Gasteiger partial charge is 0.149 e. The van der Waals surface area contributed by atoms with Gasteiger partial charge >= 0.3 is 0 Å². The van der Waals surface area contributed by atoms with Crippen LogP contribution in [0.1, 0.15) is 19.8 Å². The quantitative estimate of drug-likeness (QED) is 0.320. The highest BCUT2D eigenvalue weighted by Crippen LogP contribution is 2.11. The Morgan fingerprint density at radius 3 is 2.91 bits per heavy atom. The summed E-state index contributed by atoms with van der Waals surface area (Å²) >= 11 is 0. The van der Waals surface area contributed by atoms with Gasteiger partial charge in [-0.1, -0.05) is 13.3 Å². The second kappa shape index (κ2) is 4.87. The van der Waals surface area contributed by atoms with Gasteiger partial charge in [0.25, 0.3) is 0 Å². The van der Waals surface area contributed by atoms with Gasteiger partial charge in [0, 0.05) is 0 Å². The predicted octanol–water partition coefficient (Wildman–Crippen LogP) is -0.175. The van der Waals surface area contributed by atoms with Crippen LogP contribution >= 0.6 is 0 Å². The van der Waals surface area contributed by atoms with E-state index in [2.05, 4.69) is 6.92 Å². The fourth-order valence-electron chi connectivity index (χ4n) is 0.884. The van der Waals surface area contributed by atoms with Crippen molar-refractivity contribution in [3.63, 3.8) is 0 Å². The molecule has 1 rings (SSSR count). The van der Waals surface area contributed by atoms with Gasteiger partial charge in [0.05, 0.1) is 13.2 Å². The third-order valence-corrected chi connectivity index (χ3v) is 2.18. The van der Waals surface area contributed by atoms with Crippen LogP contribution in [0.25, 0.3) is 0 Å². The average molecular weight is 176 g/mol. The minimum atomic E-state index is 0.0240. The molecule has 0 aromatic carbocycles. The van der Waals surface area contributed by atoms with Crippen molar-refractivity contribution in [2.75, 3.05) is 13.2 Å². The molecule has 0 aromatic rings. The SMILES string of the molecule is CCCC(O[SiH3])OCC1CO1. The summed E-state index contributed by atoms with van der Waals surface area (Å²) in [5.41, 5.74) is 0. The highest BCUT2D eigenvalue weighted by molar-refractivity contribution is 5.98. The van der Waals surface area contributed by atoms with Gasteiger partial charge in [-0.25, -0.2) is 0 Å². The summed E-state index contributed by atoms with van der Waals surface area (Å²) in [5, 5.41) is 0. The summed E-state index contributed by atoms with van der Waals surface area (Å²) in [6.45, 7) is 3.69. The zero-order chi connectivity index (χ0) is 8.10. The van der Waals surface area contributed by atoms with Crippen molar-refractivity contribution in [3.8, 4) is 0 Å². The average Bonchev–Trinajstić information content (AvgIpc) is 2.81. The van der Waals surface area contributed by atoms with Crippen LogP contribution < -0.4 is 0 Å². The summed E-state index contributed by atoms with van der Waals surface area (Å²) < 4.78 is 15.7. The summed E-state index contributed by atoms with van der Waals surface area (Å²) in [5.74, 6) is 0. The monoisotopic (exact) mass is 176 g/mol. The van der Waals surface area contributed by atoms with Crippen LogP contribution in [-0.2, 0) is 13.9 Å². The molecular formula is C7H16O3Si. The Hall–Kier alpha value is 0.0969. The lowest BCUT2D eigenvalue weighted by atomic mass is 10.3. The summed E-state index contributed by atoms with van der Waals surface area (Å²) in [6.07, 6.45) is 2.48.